The number of amides is 1. The predicted molar refractivity (Wildman–Crippen MR) is 77.4 cm³/mol. The van der Waals surface area contributed by atoms with Crippen LogP contribution in [0, 0.1) is 12.8 Å². The van der Waals surface area contributed by atoms with Crippen LogP contribution in [-0.2, 0) is 15.3 Å². The molecule has 19 heavy (non-hydrogen) atoms. The Morgan fingerprint density at radius 3 is 2.89 bits per heavy atom. The van der Waals surface area contributed by atoms with E-state index in [-0.39, 0.29) is 18.2 Å². The average molecular weight is 302 g/mol. The number of thioether (sulfide) groups is 1. The summed E-state index contributed by atoms with van der Waals surface area (Å²) < 4.78 is 0. The minimum Gasteiger partial charge on any atom is -0.481 e. The maximum absolute atomic E-state index is 11.5. The van der Waals surface area contributed by atoms with E-state index >= 15 is 0 Å². The third-order valence-corrected chi connectivity index (χ3v) is 4.11. The number of rotatable bonds is 8. The quantitative estimate of drug-likeness (QED) is 0.767. The zero-order chi connectivity index (χ0) is 14.3. The van der Waals surface area contributed by atoms with Crippen molar-refractivity contribution in [2.75, 3.05) is 12.3 Å². The summed E-state index contributed by atoms with van der Waals surface area (Å²) in [6.07, 6.45) is 0.0749. The van der Waals surface area contributed by atoms with Gasteiger partial charge in [-0.15, -0.1) is 23.1 Å². The number of aromatic nitrogens is 1. The molecule has 2 N–H and O–H groups in total. The molecule has 0 saturated heterocycles. The highest BCUT2D eigenvalue weighted by atomic mass is 32.2. The second kappa shape index (κ2) is 8.16. The van der Waals surface area contributed by atoms with Crippen LogP contribution in [-0.4, -0.2) is 34.3 Å². The fraction of sp³-hybridized carbons (Fsp3) is 0.583. The maximum Gasteiger partial charge on any atom is 0.303 e. The standard InChI is InChI=1S/C12H18N2O3S2/c1-8(3-12(16)17)4-13-11(15)7-18-5-10-6-19-9(2)14-10/h6,8H,3-5,7H2,1-2H3,(H,13,15)(H,16,17). The van der Waals surface area contributed by atoms with Crippen molar-refractivity contribution in [3.05, 3.63) is 16.1 Å². The molecule has 1 unspecified atom stereocenters. The van der Waals surface area contributed by atoms with Gasteiger partial charge in [-0.1, -0.05) is 6.92 Å². The number of aliphatic carboxylic acids is 1. The molecular weight excluding hydrogens is 284 g/mol. The summed E-state index contributed by atoms with van der Waals surface area (Å²) in [5.74, 6) is 0.149. The Kier molecular flexibility index (Phi) is 6.86. The fourth-order valence-electron chi connectivity index (χ4n) is 1.43. The van der Waals surface area contributed by atoms with Crippen LogP contribution in [0.3, 0.4) is 0 Å². The van der Waals surface area contributed by atoms with Crippen LogP contribution in [0.25, 0.3) is 0 Å². The average Bonchev–Trinajstić information content (AvgIpc) is 2.71. The predicted octanol–water partition coefficient (Wildman–Crippen LogP) is 1.91. The van der Waals surface area contributed by atoms with Crippen LogP contribution in [0.1, 0.15) is 24.0 Å². The molecule has 0 aliphatic heterocycles. The van der Waals surface area contributed by atoms with Gasteiger partial charge in [0.05, 0.1) is 16.5 Å². The van der Waals surface area contributed by atoms with E-state index in [1.165, 1.54) is 11.8 Å². The van der Waals surface area contributed by atoms with Gasteiger partial charge < -0.3 is 10.4 Å². The van der Waals surface area contributed by atoms with Crippen LogP contribution in [0.15, 0.2) is 5.38 Å². The van der Waals surface area contributed by atoms with E-state index in [2.05, 4.69) is 10.3 Å². The lowest BCUT2D eigenvalue weighted by Gasteiger charge is -2.09. The summed E-state index contributed by atoms with van der Waals surface area (Å²) in [6.45, 7) is 4.16. The number of thiazole rings is 1. The number of carboxylic acid groups (broad SMARTS) is 1. The number of aryl methyl sites for hydroxylation is 1. The minimum absolute atomic E-state index is 0.0485. The van der Waals surface area contributed by atoms with Crippen molar-refractivity contribution in [2.24, 2.45) is 5.92 Å². The minimum atomic E-state index is -0.838. The number of carboxylic acids is 1. The molecule has 1 atom stereocenters. The van der Waals surface area contributed by atoms with Gasteiger partial charge in [0.25, 0.3) is 0 Å². The highest BCUT2D eigenvalue weighted by Gasteiger charge is 2.09. The van der Waals surface area contributed by atoms with Crippen molar-refractivity contribution in [2.45, 2.75) is 26.0 Å². The van der Waals surface area contributed by atoms with Crippen LogP contribution in [0.5, 0.6) is 0 Å². The molecule has 0 aliphatic carbocycles. The van der Waals surface area contributed by atoms with Gasteiger partial charge in [-0.05, 0) is 12.8 Å². The van der Waals surface area contributed by atoms with Crippen molar-refractivity contribution < 1.29 is 14.7 Å². The number of hydrogen-bond acceptors (Lipinski definition) is 5. The van der Waals surface area contributed by atoms with Crippen LogP contribution in [0.4, 0.5) is 0 Å². The molecule has 0 fully saturated rings. The van der Waals surface area contributed by atoms with E-state index in [4.69, 9.17) is 5.11 Å². The van der Waals surface area contributed by atoms with Gasteiger partial charge in [0, 0.05) is 24.1 Å². The summed E-state index contributed by atoms with van der Waals surface area (Å²) in [6, 6.07) is 0. The molecule has 0 saturated carbocycles. The molecule has 1 amide bonds. The Morgan fingerprint density at radius 1 is 1.58 bits per heavy atom. The maximum atomic E-state index is 11.5. The van der Waals surface area contributed by atoms with Gasteiger partial charge >= 0.3 is 5.97 Å². The summed E-state index contributed by atoms with van der Waals surface area (Å²) in [7, 11) is 0. The number of carbonyl (C=O) groups is 2. The van der Waals surface area contributed by atoms with Crippen molar-refractivity contribution in [3.63, 3.8) is 0 Å². The highest BCUT2D eigenvalue weighted by Crippen LogP contribution is 2.14. The molecule has 1 aromatic rings. The van der Waals surface area contributed by atoms with E-state index < -0.39 is 5.97 Å². The van der Waals surface area contributed by atoms with Crippen molar-refractivity contribution in [1.82, 2.24) is 10.3 Å². The molecule has 1 heterocycles. The molecule has 7 heteroatoms. The summed E-state index contributed by atoms with van der Waals surface area (Å²) in [4.78, 5) is 26.3. The Balaban J connectivity index is 2.12. The molecule has 0 radical (unpaired) electrons. The second-order valence-corrected chi connectivity index (χ2v) is 6.41. The smallest absolute Gasteiger partial charge is 0.303 e. The Labute approximate surface area is 120 Å². The van der Waals surface area contributed by atoms with Crippen molar-refractivity contribution in [1.29, 1.82) is 0 Å². The van der Waals surface area contributed by atoms with Crippen molar-refractivity contribution in [3.8, 4) is 0 Å². The van der Waals surface area contributed by atoms with E-state index in [1.54, 1.807) is 18.3 Å². The van der Waals surface area contributed by atoms with Gasteiger partial charge in [-0.3, -0.25) is 9.59 Å². The lowest BCUT2D eigenvalue weighted by molar-refractivity contribution is -0.138. The molecule has 0 aliphatic rings. The lowest BCUT2D eigenvalue weighted by Crippen LogP contribution is -2.30. The van der Waals surface area contributed by atoms with E-state index in [0.29, 0.717) is 12.3 Å². The van der Waals surface area contributed by atoms with Gasteiger partial charge in [-0.25, -0.2) is 4.98 Å². The van der Waals surface area contributed by atoms with E-state index in [9.17, 15) is 9.59 Å². The largest absolute Gasteiger partial charge is 0.481 e. The Hall–Kier alpha value is -1.08. The van der Waals surface area contributed by atoms with Gasteiger partial charge in [-0.2, -0.15) is 0 Å². The molecular formula is C12H18N2O3S2. The zero-order valence-electron chi connectivity index (χ0n) is 11.0. The van der Waals surface area contributed by atoms with Crippen LogP contribution >= 0.6 is 23.1 Å². The SMILES string of the molecule is Cc1nc(CSCC(=O)NCC(C)CC(=O)O)cs1. The monoisotopic (exact) mass is 302 g/mol. The summed E-state index contributed by atoms with van der Waals surface area (Å²) >= 11 is 3.11. The molecule has 0 bridgehead atoms. The van der Waals surface area contributed by atoms with E-state index in [0.717, 1.165) is 16.5 Å². The Morgan fingerprint density at radius 2 is 2.32 bits per heavy atom. The second-order valence-electron chi connectivity index (χ2n) is 4.36. The molecule has 0 spiro atoms. The Bertz CT molecular complexity index is 434. The number of nitrogens with zero attached hydrogens (tertiary/aromatic N) is 1. The molecule has 106 valence electrons. The molecule has 1 aromatic heterocycles. The first-order valence-corrected chi connectivity index (χ1v) is 7.98. The first kappa shape index (κ1) is 16.0. The normalized spacial score (nSPS) is 12.1. The third kappa shape index (κ3) is 7.17. The fourth-order valence-corrected chi connectivity index (χ4v) is 2.90. The van der Waals surface area contributed by atoms with Gasteiger partial charge in [0.2, 0.25) is 5.91 Å². The number of nitrogens with one attached hydrogen (secondary N) is 1. The number of carbonyl (C=O) groups excluding carboxylic acids is 1. The molecule has 1 rings (SSSR count). The summed E-state index contributed by atoms with van der Waals surface area (Å²) in [5, 5.41) is 14.4. The molecule has 5 nitrogen and oxygen atoms in total. The summed E-state index contributed by atoms with van der Waals surface area (Å²) in [5.41, 5.74) is 1.000. The third-order valence-electron chi connectivity index (χ3n) is 2.32. The topological polar surface area (TPSA) is 79.3 Å². The van der Waals surface area contributed by atoms with Gasteiger partial charge in [0.15, 0.2) is 0 Å². The highest BCUT2D eigenvalue weighted by molar-refractivity contribution is 7.99. The van der Waals surface area contributed by atoms with Crippen LogP contribution in [0.2, 0.25) is 0 Å². The zero-order valence-corrected chi connectivity index (χ0v) is 12.6. The van der Waals surface area contributed by atoms with E-state index in [1.807, 2.05) is 12.3 Å². The first-order chi connectivity index (χ1) is 8.97. The lowest BCUT2D eigenvalue weighted by atomic mass is 10.1. The van der Waals surface area contributed by atoms with Crippen LogP contribution < -0.4 is 5.32 Å². The first-order valence-electron chi connectivity index (χ1n) is 5.94. The van der Waals surface area contributed by atoms with Gasteiger partial charge in [0.1, 0.15) is 0 Å². The number of hydrogen-bond donors (Lipinski definition) is 2. The van der Waals surface area contributed by atoms with Crippen molar-refractivity contribution >= 4 is 35.0 Å². The molecule has 0 aromatic carbocycles.